The van der Waals surface area contributed by atoms with E-state index in [1.54, 1.807) is 12.4 Å². The molecule has 1 heterocycles. The third-order valence-corrected chi connectivity index (χ3v) is 3.22. The topological polar surface area (TPSA) is 42.0 Å². The SMILES string of the molecule is Cc1ccncc1NC(=O)c1cc(Br)ccc1C. The molecule has 1 N–H and O–H groups in total. The van der Waals surface area contributed by atoms with Crippen molar-refractivity contribution < 1.29 is 4.79 Å². The molecule has 0 saturated carbocycles. The number of rotatable bonds is 2. The molecule has 0 saturated heterocycles. The van der Waals surface area contributed by atoms with Crippen LogP contribution in [0.2, 0.25) is 0 Å². The maximum Gasteiger partial charge on any atom is 0.256 e. The summed E-state index contributed by atoms with van der Waals surface area (Å²) >= 11 is 3.37. The van der Waals surface area contributed by atoms with E-state index in [2.05, 4.69) is 26.2 Å². The van der Waals surface area contributed by atoms with Gasteiger partial charge >= 0.3 is 0 Å². The van der Waals surface area contributed by atoms with Gasteiger partial charge in [-0.3, -0.25) is 9.78 Å². The summed E-state index contributed by atoms with van der Waals surface area (Å²) in [5.41, 5.74) is 3.33. The Bertz CT molecular complexity index is 596. The van der Waals surface area contributed by atoms with E-state index < -0.39 is 0 Å². The number of aromatic nitrogens is 1. The number of anilines is 1. The summed E-state index contributed by atoms with van der Waals surface area (Å²) < 4.78 is 0.890. The molecule has 0 spiro atoms. The fraction of sp³-hybridized carbons (Fsp3) is 0.143. The summed E-state index contributed by atoms with van der Waals surface area (Å²) in [5.74, 6) is -0.120. The lowest BCUT2D eigenvalue weighted by atomic mass is 10.1. The zero-order valence-electron chi connectivity index (χ0n) is 10.2. The maximum atomic E-state index is 12.2. The van der Waals surface area contributed by atoms with E-state index >= 15 is 0 Å². The Morgan fingerprint density at radius 3 is 2.72 bits per heavy atom. The van der Waals surface area contributed by atoms with E-state index in [0.717, 1.165) is 21.3 Å². The molecule has 4 heteroatoms. The third-order valence-electron chi connectivity index (χ3n) is 2.73. The van der Waals surface area contributed by atoms with E-state index in [4.69, 9.17) is 0 Å². The summed E-state index contributed by atoms with van der Waals surface area (Å²) in [4.78, 5) is 16.2. The molecule has 0 aliphatic rings. The molecule has 0 aliphatic heterocycles. The van der Waals surface area contributed by atoms with Crippen LogP contribution in [0.15, 0.2) is 41.1 Å². The van der Waals surface area contributed by atoms with Crippen LogP contribution in [0, 0.1) is 13.8 Å². The first-order valence-electron chi connectivity index (χ1n) is 5.56. The minimum absolute atomic E-state index is 0.120. The van der Waals surface area contributed by atoms with Gasteiger partial charge in [-0.2, -0.15) is 0 Å². The molecule has 0 atom stereocenters. The van der Waals surface area contributed by atoms with Crippen molar-refractivity contribution in [2.75, 3.05) is 5.32 Å². The van der Waals surface area contributed by atoms with E-state index in [1.165, 1.54) is 0 Å². The van der Waals surface area contributed by atoms with Crippen LogP contribution in [0.1, 0.15) is 21.5 Å². The number of aryl methyl sites for hydroxylation is 2. The maximum absolute atomic E-state index is 12.2. The van der Waals surface area contributed by atoms with Crippen molar-refractivity contribution in [1.29, 1.82) is 0 Å². The second-order valence-electron chi connectivity index (χ2n) is 4.10. The van der Waals surface area contributed by atoms with Gasteiger partial charge in [-0.25, -0.2) is 0 Å². The van der Waals surface area contributed by atoms with Crippen molar-refractivity contribution in [3.63, 3.8) is 0 Å². The number of halogens is 1. The van der Waals surface area contributed by atoms with Crippen molar-refractivity contribution in [2.45, 2.75) is 13.8 Å². The molecular weight excluding hydrogens is 292 g/mol. The fourth-order valence-electron chi connectivity index (χ4n) is 1.62. The van der Waals surface area contributed by atoms with E-state index in [9.17, 15) is 4.79 Å². The Morgan fingerprint density at radius 1 is 1.22 bits per heavy atom. The number of hydrogen-bond donors (Lipinski definition) is 1. The standard InChI is InChI=1S/C14H13BrN2O/c1-9-3-4-11(15)7-12(9)14(18)17-13-8-16-6-5-10(13)2/h3-8H,1-2H3,(H,17,18). The molecule has 1 amide bonds. The zero-order valence-corrected chi connectivity index (χ0v) is 11.8. The summed E-state index contributed by atoms with van der Waals surface area (Å²) in [6.07, 6.45) is 3.36. The molecule has 92 valence electrons. The Balaban J connectivity index is 2.28. The third kappa shape index (κ3) is 2.76. The van der Waals surface area contributed by atoms with E-state index in [-0.39, 0.29) is 5.91 Å². The number of nitrogens with zero attached hydrogens (tertiary/aromatic N) is 1. The van der Waals surface area contributed by atoms with Gasteiger partial charge in [-0.05, 0) is 43.2 Å². The summed E-state index contributed by atoms with van der Waals surface area (Å²) in [6, 6.07) is 7.51. The predicted octanol–water partition coefficient (Wildman–Crippen LogP) is 3.71. The number of carbonyl (C=O) groups is 1. The lowest BCUT2D eigenvalue weighted by Gasteiger charge is -2.09. The number of nitrogens with one attached hydrogen (secondary N) is 1. The molecule has 2 rings (SSSR count). The lowest BCUT2D eigenvalue weighted by molar-refractivity contribution is 0.102. The van der Waals surface area contributed by atoms with E-state index in [0.29, 0.717) is 5.56 Å². The van der Waals surface area contributed by atoms with Gasteiger partial charge in [0.25, 0.3) is 5.91 Å². The van der Waals surface area contributed by atoms with Crippen LogP contribution >= 0.6 is 15.9 Å². The van der Waals surface area contributed by atoms with Crippen LogP contribution in [-0.4, -0.2) is 10.9 Å². The number of pyridine rings is 1. The highest BCUT2D eigenvalue weighted by atomic mass is 79.9. The van der Waals surface area contributed by atoms with Crippen molar-refractivity contribution in [1.82, 2.24) is 4.98 Å². The molecule has 0 aliphatic carbocycles. The molecule has 0 radical (unpaired) electrons. The van der Waals surface area contributed by atoms with Gasteiger partial charge in [0.15, 0.2) is 0 Å². The van der Waals surface area contributed by atoms with Gasteiger partial charge < -0.3 is 5.32 Å². The largest absolute Gasteiger partial charge is 0.320 e. The second kappa shape index (κ2) is 5.31. The highest BCUT2D eigenvalue weighted by Gasteiger charge is 2.10. The summed E-state index contributed by atoms with van der Waals surface area (Å²) in [7, 11) is 0. The van der Waals surface area contributed by atoms with Crippen molar-refractivity contribution in [3.05, 3.63) is 57.8 Å². The molecule has 1 aromatic heterocycles. The summed E-state index contributed by atoms with van der Waals surface area (Å²) in [6.45, 7) is 3.85. The molecule has 0 bridgehead atoms. The molecule has 18 heavy (non-hydrogen) atoms. The molecule has 0 unspecified atom stereocenters. The molecule has 1 aromatic carbocycles. The normalized spacial score (nSPS) is 10.2. The van der Waals surface area contributed by atoms with Crippen LogP contribution in [0.25, 0.3) is 0 Å². The predicted molar refractivity (Wildman–Crippen MR) is 75.8 cm³/mol. The van der Waals surface area contributed by atoms with Crippen LogP contribution in [0.4, 0.5) is 5.69 Å². The first-order chi connectivity index (χ1) is 8.58. The molecule has 2 aromatic rings. The Hall–Kier alpha value is -1.68. The monoisotopic (exact) mass is 304 g/mol. The van der Waals surface area contributed by atoms with Crippen LogP contribution in [-0.2, 0) is 0 Å². The lowest BCUT2D eigenvalue weighted by Crippen LogP contribution is -2.14. The zero-order chi connectivity index (χ0) is 13.1. The van der Waals surface area contributed by atoms with Gasteiger partial charge in [-0.15, -0.1) is 0 Å². The smallest absolute Gasteiger partial charge is 0.256 e. The fourth-order valence-corrected chi connectivity index (χ4v) is 1.98. The minimum atomic E-state index is -0.120. The number of benzene rings is 1. The first-order valence-corrected chi connectivity index (χ1v) is 6.35. The van der Waals surface area contributed by atoms with Crippen LogP contribution < -0.4 is 5.32 Å². The number of hydrogen-bond acceptors (Lipinski definition) is 2. The van der Waals surface area contributed by atoms with E-state index in [1.807, 2.05) is 38.1 Å². The molecule has 0 fully saturated rings. The number of amides is 1. The number of carbonyl (C=O) groups excluding carboxylic acids is 1. The van der Waals surface area contributed by atoms with Crippen molar-refractivity contribution >= 4 is 27.5 Å². The first kappa shape index (κ1) is 12.8. The van der Waals surface area contributed by atoms with Gasteiger partial charge in [0.2, 0.25) is 0 Å². The Kier molecular flexibility index (Phi) is 3.77. The van der Waals surface area contributed by atoms with Crippen LogP contribution in [0.5, 0.6) is 0 Å². The Morgan fingerprint density at radius 2 is 2.00 bits per heavy atom. The average Bonchev–Trinajstić information content (AvgIpc) is 2.35. The Labute approximate surface area is 114 Å². The average molecular weight is 305 g/mol. The minimum Gasteiger partial charge on any atom is -0.320 e. The van der Waals surface area contributed by atoms with Crippen molar-refractivity contribution in [2.24, 2.45) is 0 Å². The van der Waals surface area contributed by atoms with Crippen molar-refractivity contribution in [3.8, 4) is 0 Å². The quantitative estimate of drug-likeness (QED) is 0.919. The highest BCUT2D eigenvalue weighted by molar-refractivity contribution is 9.10. The van der Waals surface area contributed by atoms with Gasteiger partial charge in [0, 0.05) is 16.2 Å². The molecular formula is C14H13BrN2O. The molecule has 3 nitrogen and oxygen atoms in total. The van der Waals surface area contributed by atoms with Gasteiger partial charge in [0.05, 0.1) is 11.9 Å². The van der Waals surface area contributed by atoms with Crippen LogP contribution in [0.3, 0.4) is 0 Å². The highest BCUT2D eigenvalue weighted by Crippen LogP contribution is 2.18. The van der Waals surface area contributed by atoms with Gasteiger partial charge in [-0.1, -0.05) is 22.0 Å². The summed E-state index contributed by atoms with van der Waals surface area (Å²) in [5, 5.41) is 2.87. The van der Waals surface area contributed by atoms with Gasteiger partial charge in [0.1, 0.15) is 0 Å². The second-order valence-corrected chi connectivity index (χ2v) is 5.02.